The maximum Gasteiger partial charge on any atom is 0.441 e. The van der Waals surface area contributed by atoms with Gasteiger partial charge in [0.25, 0.3) is 0 Å². The van der Waals surface area contributed by atoms with Gasteiger partial charge in [0.1, 0.15) is 17.4 Å². The fourth-order valence-electron chi connectivity index (χ4n) is 2.11. The molecule has 2 N–H and O–H groups in total. The number of nitrogens with zero attached hydrogens (tertiary/aromatic N) is 1. The van der Waals surface area contributed by atoms with E-state index in [0.29, 0.717) is 17.4 Å². The first-order chi connectivity index (χ1) is 9.76. The van der Waals surface area contributed by atoms with E-state index in [2.05, 4.69) is 10.3 Å². The van der Waals surface area contributed by atoms with Crippen LogP contribution in [0.3, 0.4) is 0 Å². The first-order valence-electron chi connectivity index (χ1n) is 6.65. The number of carboxylic acids is 1. The molecule has 0 spiro atoms. The zero-order valence-electron chi connectivity index (χ0n) is 12.2. The molecule has 6 heteroatoms. The maximum atomic E-state index is 11.5. The quantitative estimate of drug-likeness (QED) is 0.898. The van der Waals surface area contributed by atoms with Crippen LogP contribution in [-0.4, -0.2) is 22.1 Å². The summed E-state index contributed by atoms with van der Waals surface area (Å²) in [4.78, 5) is 26.6. The van der Waals surface area contributed by atoms with Crippen LogP contribution in [0.5, 0.6) is 0 Å². The van der Waals surface area contributed by atoms with E-state index in [1.54, 1.807) is 24.3 Å². The smallest absolute Gasteiger partial charge is 0.441 e. The molecule has 2 rings (SSSR count). The molecule has 1 aromatic carbocycles. The van der Waals surface area contributed by atoms with Crippen LogP contribution in [0.2, 0.25) is 0 Å². The number of para-hydroxylation sites is 1. The molecule has 0 aliphatic rings. The molecule has 1 unspecified atom stereocenters. The molecule has 0 aliphatic carbocycles. The Labute approximate surface area is 121 Å². The molecule has 0 saturated heterocycles. The van der Waals surface area contributed by atoms with E-state index in [1.165, 1.54) is 0 Å². The van der Waals surface area contributed by atoms with E-state index in [-0.39, 0.29) is 11.2 Å². The van der Waals surface area contributed by atoms with E-state index >= 15 is 0 Å². The molecule has 6 nitrogen and oxygen atoms in total. The van der Waals surface area contributed by atoms with E-state index in [1.807, 2.05) is 20.8 Å². The average molecular weight is 290 g/mol. The third-order valence-corrected chi connectivity index (χ3v) is 2.97. The summed E-state index contributed by atoms with van der Waals surface area (Å²) in [5.74, 6) is -1.50. The number of aliphatic carboxylic acids is 1. The van der Waals surface area contributed by atoms with Crippen molar-refractivity contribution >= 4 is 22.8 Å². The van der Waals surface area contributed by atoms with Gasteiger partial charge in [-0.05, 0) is 24.0 Å². The number of anilines is 1. The van der Waals surface area contributed by atoms with Crippen molar-refractivity contribution in [3.05, 3.63) is 34.8 Å². The normalized spacial score (nSPS) is 13.1. The summed E-state index contributed by atoms with van der Waals surface area (Å²) in [7, 11) is 0. The lowest BCUT2D eigenvalue weighted by molar-refractivity contribution is -0.138. The summed E-state index contributed by atoms with van der Waals surface area (Å²) >= 11 is 0. The van der Waals surface area contributed by atoms with Crippen molar-refractivity contribution in [2.24, 2.45) is 5.41 Å². The molecule has 1 aromatic heterocycles. The summed E-state index contributed by atoms with van der Waals surface area (Å²) in [5, 5.41) is 12.8. The lowest BCUT2D eigenvalue weighted by Gasteiger charge is -2.24. The minimum absolute atomic E-state index is 0.175. The molecule has 112 valence electrons. The number of nitrogens with one attached hydrogen (secondary N) is 1. The summed E-state index contributed by atoms with van der Waals surface area (Å²) < 4.78 is 4.99. The highest BCUT2D eigenvalue weighted by molar-refractivity contribution is 5.89. The number of hydrogen-bond donors (Lipinski definition) is 2. The predicted molar refractivity (Wildman–Crippen MR) is 79.4 cm³/mol. The van der Waals surface area contributed by atoms with Gasteiger partial charge in [-0.15, -0.1) is 0 Å². The van der Waals surface area contributed by atoms with Crippen LogP contribution >= 0.6 is 0 Å². The number of rotatable bonds is 4. The van der Waals surface area contributed by atoms with Gasteiger partial charge < -0.3 is 14.8 Å². The molecule has 0 amide bonds. The first kappa shape index (κ1) is 15.0. The Morgan fingerprint density at radius 1 is 1.38 bits per heavy atom. The number of aromatic nitrogens is 1. The molecule has 0 fully saturated rings. The molecule has 2 aromatic rings. The van der Waals surface area contributed by atoms with Crippen LogP contribution < -0.4 is 11.1 Å². The minimum atomic E-state index is -0.982. The highest BCUT2D eigenvalue weighted by atomic mass is 16.4. The van der Waals surface area contributed by atoms with Gasteiger partial charge in [0, 0.05) is 0 Å². The third kappa shape index (κ3) is 3.81. The SMILES string of the molecule is CC(C)(C)CC(Nc1nc(=O)oc2ccccc12)C(=O)O. The Morgan fingerprint density at radius 3 is 2.67 bits per heavy atom. The van der Waals surface area contributed by atoms with Crippen LogP contribution in [0, 0.1) is 5.41 Å². The first-order valence-corrected chi connectivity index (χ1v) is 6.65. The van der Waals surface area contributed by atoms with Gasteiger partial charge in [-0.2, -0.15) is 4.98 Å². The van der Waals surface area contributed by atoms with Gasteiger partial charge in [0.15, 0.2) is 0 Å². The molecule has 1 atom stereocenters. The van der Waals surface area contributed by atoms with Crippen molar-refractivity contribution in [3.63, 3.8) is 0 Å². The van der Waals surface area contributed by atoms with Gasteiger partial charge in [-0.3, -0.25) is 0 Å². The second-order valence-electron chi connectivity index (χ2n) is 6.12. The van der Waals surface area contributed by atoms with Gasteiger partial charge in [-0.25, -0.2) is 9.59 Å². The van der Waals surface area contributed by atoms with Crippen LogP contribution in [0.4, 0.5) is 5.82 Å². The largest absolute Gasteiger partial charge is 0.480 e. The Balaban J connectivity index is 2.41. The summed E-state index contributed by atoms with van der Waals surface area (Å²) in [6, 6.07) is 6.04. The van der Waals surface area contributed by atoms with Crippen molar-refractivity contribution < 1.29 is 14.3 Å². The lowest BCUT2D eigenvalue weighted by atomic mass is 9.88. The average Bonchev–Trinajstić information content (AvgIpc) is 2.36. The number of hydrogen-bond acceptors (Lipinski definition) is 5. The molecule has 0 bridgehead atoms. The van der Waals surface area contributed by atoms with Crippen LogP contribution in [0.1, 0.15) is 27.2 Å². The molecular formula is C15H18N2O4. The third-order valence-electron chi connectivity index (χ3n) is 2.97. The highest BCUT2D eigenvalue weighted by Crippen LogP contribution is 2.25. The van der Waals surface area contributed by atoms with E-state index in [0.717, 1.165) is 0 Å². The summed E-state index contributed by atoms with van der Waals surface area (Å²) in [6.45, 7) is 5.86. The van der Waals surface area contributed by atoms with Crippen molar-refractivity contribution in [2.45, 2.75) is 33.2 Å². The zero-order chi connectivity index (χ0) is 15.6. The van der Waals surface area contributed by atoms with E-state index in [4.69, 9.17) is 4.42 Å². The van der Waals surface area contributed by atoms with Crippen LogP contribution in [-0.2, 0) is 4.79 Å². The van der Waals surface area contributed by atoms with E-state index in [9.17, 15) is 14.7 Å². The van der Waals surface area contributed by atoms with Gasteiger partial charge in [0.05, 0.1) is 5.39 Å². The van der Waals surface area contributed by atoms with E-state index < -0.39 is 17.8 Å². The van der Waals surface area contributed by atoms with Crippen molar-refractivity contribution in [1.82, 2.24) is 4.98 Å². The number of benzene rings is 1. The Hall–Kier alpha value is -2.37. The van der Waals surface area contributed by atoms with Gasteiger partial charge in [-0.1, -0.05) is 32.9 Å². The molecular weight excluding hydrogens is 272 g/mol. The van der Waals surface area contributed by atoms with Crippen LogP contribution in [0.15, 0.2) is 33.5 Å². The van der Waals surface area contributed by atoms with Crippen molar-refractivity contribution in [1.29, 1.82) is 0 Å². The second kappa shape index (κ2) is 5.55. The fourth-order valence-corrected chi connectivity index (χ4v) is 2.11. The Bertz CT molecular complexity index is 715. The second-order valence-corrected chi connectivity index (χ2v) is 6.12. The van der Waals surface area contributed by atoms with Gasteiger partial charge >= 0.3 is 11.7 Å². The molecule has 0 aliphatic heterocycles. The monoisotopic (exact) mass is 290 g/mol. The number of fused-ring (bicyclic) bond motifs is 1. The summed E-state index contributed by atoms with van der Waals surface area (Å²) in [6.07, 6.45) is 0.401. The molecule has 0 radical (unpaired) electrons. The topological polar surface area (TPSA) is 92.4 Å². The predicted octanol–water partition coefficient (Wildman–Crippen LogP) is 2.49. The number of carboxylic acid groups (broad SMARTS) is 1. The fraction of sp³-hybridized carbons (Fsp3) is 0.400. The molecule has 21 heavy (non-hydrogen) atoms. The van der Waals surface area contributed by atoms with Gasteiger partial charge in [0.2, 0.25) is 0 Å². The van der Waals surface area contributed by atoms with Crippen molar-refractivity contribution in [2.75, 3.05) is 5.32 Å². The van der Waals surface area contributed by atoms with Crippen molar-refractivity contribution in [3.8, 4) is 0 Å². The lowest BCUT2D eigenvalue weighted by Crippen LogP contribution is -2.34. The molecule has 0 saturated carbocycles. The van der Waals surface area contributed by atoms with Crippen LogP contribution in [0.25, 0.3) is 11.0 Å². The summed E-state index contributed by atoms with van der Waals surface area (Å²) in [5.41, 5.74) is 0.200. The molecule has 1 heterocycles. The minimum Gasteiger partial charge on any atom is -0.480 e. The maximum absolute atomic E-state index is 11.5. The zero-order valence-corrected chi connectivity index (χ0v) is 12.2. The Kier molecular flexibility index (Phi) is 3.97. The standard InChI is InChI=1S/C15H18N2O4/c1-15(2,3)8-10(13(18)19)16-12-9-6-4-5-7-11(9)21-14(20)17-12/h4-7,10H,8H2,1-3H3,(H,18,19)(H,16,17,20). The number of carbonyl (C=O) groups is 1. The highest BCUT2D eigenvalue weighted by Gasteiger charge is 2.25. The Morgan fingerprint density at radius 2 is 2.05 bits per heavy atom.